The van der Waals surface area contributed by atoms with E-state index in [-0.39, 0.29) is 12.1 Å². The predicted molar refractivity (Wildman–Crippen MR) is 97.7 cm³/mol. The summed E-state index contributed by atoms with van der Waals surface area (Å²) in [5.41, 5.74) is 3.15. The molecule has 7 nitrogen and oxygen atoms in total. The third-order valence-corrected chi connectivity index (χ3v) is 4.78. The fourth-order valence-corrected chi connectivity index (χ4v) is 3.30. The van der Waals surface area contributed by atoms with E-state index >= 15 is 0 Å². The molecule has 0 saturated carbocycles. The van der Waals surface area contributed by atoms with Crippen molar-refractivity contribution in [1.29, 1.82) is 0 Å². The number of ether oxygens (including phenoxy) is 1. The third kappa shape index (κ3) is 4.34. The first-order chi connectivity index (χ1) is 12.4. The van der Waals surface area contributed by atoms with Gasteiger partial charge in [0.15, 0.2) is 0 Å². The Morgan fingerprint density at radius 2 is 2.08 bits per heavy atom. The zero-order valence-electron chi connectivity index (χ0n) is 15.2. The van der Waals surface area contributed by atoms with Crippen LogP contribution < -0.4 is 16.0 Å². The number of carbonyl (C=O) groups is 2. The monoisotopic (exact) mass is 361 g/mol. The topological polar surface area (TPSA) is 99.7 Å². The van der Waals surface area contributed by atoms with Crippen molar-refractivity contribution in [2.75, 3.05) is 25.0 Å². The zero-order valence-corrected chi connectivity index (χ0v) is 15.2. The quantitative estimate of drug-likeness (QED) is 0.580. The summed E-state index contributed by atoms with van der Waals surface area (Å²) in [5, 5.41) is 18.5. The minimum absolute atomic E-state index is 0.00370. The smallest absolute Gasteiger partial charge is 0.309 e. The number of hydrogen-bond acceptors (Lipinski definition) is 5. The van der Waals surface area contributed by atoms with Gasteiger partial charge in [0.05, 0.1) is 24.9 Å². The van der Waals surface area contributed by atoms with Crippen molar-refractivity contribution < 1.29 is 19.4 Å². The van der Waals surface area contributed by atoms with Crippen LogP contribution in [-0.4, -0.2) is 48.8 Å². The molecule has 1 aromatic carbocycles. The maximum Gasteiger partial charge on any atom is 0.309 e. The lowest BCUT2D eigenvalue weighted by atomic mass is 9.89. The van der Waals surface area contributed by atoms with E-state index in [0.717, 1.165) is 23.2 Å². The number of benzene rings is 1. The third-order valence-electron chi connectivity index (χ3n) is 4.78. The van der Waals surface area contributed by atoms with Crippen LogP contribution in [0.2, 0.25) is 0 Å². The SMILES string of the molecule is CC(C)CNC(=O)C(=O)NCCc1ccc2c(c1)[C@H]1C[C@@H](N2)[C@H](O)CO1. The van der Waals surface area contributed by atoms with E-state index in [1.807, 2.05) is 26.0 Å². The molecule has 2 aliphatic rings. The highest BCUT2D eigenvalue weighted by Gasteiger charge is 2.36. The molecular weight excluding hydrogens is 334 g/mol. The number of rotatable bonds is 5. The Morgan fingerprint density at radius 1 is 1.31 bits per heavy atom. The number of aliphatic hydroxyl groups excluding tert-OH is 1. The van der Waals surface area contributed by atoms with Crippen molar-refractivity contribution in [3.8, 4) is 0 Å². The molecule has 0 spiro atoms. The van der Waals surface area contributed by atoms with Crippen LogP contribution in [0.25, 0.3) is 0 Å². The molecule has 1 saturated heterocycles. The van der Waals surface area contributed by atoms with E-state index in [2.05, 4.69) is 22.0 Å². The molecule has 3 rings (SSSR count). The van der Waals surface area contributed by atoms with E-state index < -0.39 is 17.9 Å². The van der Waals surface area contributed by atoms with Crippen molar-refractivity contribution in [3.05, 3.63) is 29.3 Å². The van der Waals surface area contributed by atoms with Gasteiger partial charge >= 0.3 is 11.8 Å². The minimum atomic E-state index is -0.599. The Bertz CT molecular complexity index is 677. The van der Waals surface area contributed by atoms with Gasteiger partial charge in [0, 0.05) is 30.8 Å². The largest absolute Gasteiger partial charge is 0.389 e. The molecule has 26 heavy (non-hydrogen) atoms. The van der Waals surface area contributed by atoms with Crippen molar-refractivity contribution in [2.45, 2.75) is 44.9 Å². The van der Waals surface area contributed by atoms with E-state index in [0.29, 0.717) is 32.0 Å². The van der Waals surface area contributed by atoms with Crippen LogP contribution in [0.3, 0.4) is 0 Å². The molecular formula is C19H27N3O4. The van der Waals surface area contributed by atoms with Crippen molar-refractivity contribution >= 4 is 17.5 Å². The number of anilines is 1. The van der Waals surface area contributed by atoms with Gasteiger partial charge in [-0.3, -0.25) is 9.59 Å². The molecule has 4 N–H and O–H groups in total. The van der Waals surface area contributed by atoms with Crippen LogP contribution in [0.1, 0.15) is 37.5 Å². The highest BCUT2D eigenvalue weighted by atomic mass is 16.5. The number of carbonyl (C=O) groups excluding carboxylic acids is 2. The first-order valence-electron chi connectivity index (χ1n) is 9.19. The summed E-state index contributed by atoms with van der Waals surface area (Å²) in [4.78, 5) is 23.4. The standard InChI is InChI=1S/C19H27N3O4/c1-11(2)9-21-19(25)18(24)20-6-5-12-3-4-14-13(7-12)17-8-15(22-14)16(23)10-26-17/h3-4,7,11,15-17,22-23H,5-6,8-10H2,1-2H3,(H,20,24)(H,21,25)/t15-,16-,17-/m1/s1. The number of aliphatic hydroxyl groups is 1. The van der Waals surface area contributed by atoms with E-state index in [1.165, 1.54) is 0 Å². The van der Waals surface area contributed by atoms with Crippen LogP contribution >= 0.6 is 0 Å². The molecule has 0 unspecified atom stereocenters. The fraction of sp³-hybridized carbons (Fsp3) is 0.579. The molecule has 3 atom stereocenters. The van der Waals surface area contributed by atoms with Crippen LogP contribution in [0.4, 0.5) is 5.69 Å². The molecule has 2 bridgehead atoms. The van der Waals surface area contributed by atoms with Crippen molar-refractivity contribution in [1.82, 2.24) is 10.6 Å². The second kappa shape index (κ2) is 8.05. The molecule has 142 valence electrons. The second-order valence-electron chi connectivity index (χ2n) is 7.41. The average Bonchev–Trinajstić information content (AvgIpc) is 2.62. The maximum absolute atomic E-state index is 11.8. The van der Waals surface area contributed by atoms with Crippen LogP contribution in [-0.2, 0) is 20.7 Å². The molecule has 2 aliphatic heterocycles. The predicted octanol–water partition coefficient (Wildman–Crippen LogP) is 0.734. The van der Waals surface area contributed by atoms with Crippen LogP contribution in [0, 0.1) is 5.92 Å². The molecule has 1 fully saturated rings. The first-order valence-corrected chi connectivity index (χ1v) is 9.19. The lowest BCUT2D eigenvalue weighted by molar-refractivity contribution is -0.139. The van der Waals surface area contributed by atoms with Gasteiger partial charge in [0.1, 0.15) is 0 Å². The van der Waals surface area contributed by atoms with Crippen LogP contribution in [0.15, 0.2) is 18.2 Å². The summed E-state index contributed by atoms with van der Waals surface area (Å²) >= 11 is 0. The number of nitrogens with one attached hydrogen (secondary N) is 3. The fourth-order valence-electron chi connectivity index (χ4n) is 3.30. The van der Waals surface area contributed by atoms with Gasteiger partial charge in [0.2, 0.25) is 0 Å². The number of fused-ring (bicyclic) bond motifs is 4. The Morgan fingerprint density at radius 3 is 2.85 bits per heavy atom. The molecule has 0 aromatic heterocycles. The zero-order chi connectivity index (χ0) is 18.7. The Kier molecular flexibility index (Phi) is 5.78. The van der Waals surface area contributed by atoms with E-state index in [9.17, 15) is 14.7 Å². The summed E-state index contributed by atoms with van der Waals surface area (Å²) in [6.07, 6.45) is 0.909. The lowest BCUT2D eigenvalue weighted by Gasteiger charge is -2.40. The Balaban J connectivity index is 1.52. The van der Waals surface area contributed by atoms with E-state index in [4.69, 9.17) is 4.74 Å². The summed E-state index contributed by atoms with van der Waals surface area (Å²) in [6.45, 7) is 5.17. The minimum Gasteiger partial charge on any atom is -0.389 e. The van der Waals surface area contributed by atoms with Gasteiger partial charge < -0.3 is 25.8 Å². The summed E-state index contributed by atoms with van der Waals surface area (Å²) < 4.78 is 5.75. The van der Waals surface area contributed by atoms with Gasteiger partial charge in [-0.05, 0) is 24.0 Å². The van der Waals surface area contributed by atoms with Crippen molar-refractivity contribution in [3.63, 3.8) is 0 Å². The molecule has 0 radical (unpaired) electrons. The highest BCUT2D eigenvalue weighted by Crippen LogP contribution is 2.39. The molecule has 1 aromatic rings. The Labute approximate surface area is 153 Å². The number of amides is 2. The van der Waals surface area contributed by atoms with Gasteiger partial charge in [-0.15, -0.1) is 0 Å². The van der Waals surface area contributed by atoms with Crippen molar-refractivity contribution in [2.24, 2.45) is 5.92 Å². The maximum atomic E-state index is 11.8. The van der Waals surface area contributed by atoms with Gasteiger partial charge in [-0.2, -0.15) is 0 Å². The summed E-state index contributed by atoms with van der Waals surface area (Å²) in [6, 6.07) is 6.09. The van der Waals surface area contributed by atoms with Gasteiger partial charge in [-0.1, -0.05) is 26.0 Å². The lowest BCUT2D eigenvalue weighted by Crippen LogP contribution is -2.46. The highest BCUT2D eigenvalue weighted by molar-refractivity contribution is 6.35. The van der Waals surface area contributed by atoms with Gasteiger partial charge in [0.25, 0.3) is 0 Å². The molecule has 2 amide bonds. The molecule has 0 aliphatic carbocycles. The first kappa shape index (κ1) is 18.7. The number of hydrogen-bond donors (Lipinski definition) is 4. The second-order valence-corrected chi connectivity index (χ2v) is 7.41. The summed E-state index contributed by atoms with van der Waals surface area (Å²) in [7, 11) is 0. The molecule has 2 heterocycles. The van der Waals surface area contributed by atoms with Gasteiger partial charge in [-0.25, -0.2) is 0 Å². The Hall–Kier alpha value is -2.12. The van der Waals surface area contributed by atoms with Crippen LogP contribution in [0.5, 0.6) is 0 Å². The van der Waals surface area contributed by atoms with E-state index in [1.54, 1.807) is 0 Å². The molecule has 7 heteroatoms. The average molecular weight is 361 g/mol. The summed E-state index contributed by atoms with van der Waals surface area (Å²) in [5.74, 6) is -0.884. The normalized spacial score (nSPS) is 23.8.